The highest BCUT2D eigenvalue weighted by Gasteiger charge is 2.39. The molecule has 3 atom stereocenters. The van der Waals surface area contributed by atoms with E-state index in [2.05, 4.69) is 19.2 Å². The molecule has 4 heteroatoms. The maximum atomic E-state index is 12.0. The molecule has 2 aliphatic rings. The molecule has 3 unspecified atom stereocenters. The number of rotatable bonds is 3. The molecule has 2 rings (SSSR count). The molecule has 0 bridgehead atoms. The fraction of sp³-hybridized carbons (Fsp3) is 0.917. The molecule has 2 heterocycles. The second kappa shape index (κ2) is 4.72. The Morgan fingerprint density at radius 2 is 2.31 bits per heavy atom. The van der Waals surface area contributed by atoms with Gasteiger partial charge >= 0.3 is 0 Å². The lowest BCUT2D eigenvalue weighted by Crippen LogP contribution is -2.44. The first-order valence-electron chi connectivity index (χ1n) is 6.27. The van der Waals surface area contributed by atoms with Crippen molar-refractivity contribution in [1.82, 2.24) is 10.2 Å². The number of hydrogen-bond acceptors (Lipinski definition) is 3. The third-order valence-corrected chi connectivity index (χ3v) is 3.47. The van der Waals surface area contributed by atoms with E-state index in [1.807, 2.05) is 11.8 Å². The Labute approximate surface area is 97.3 Å². The summed E-state index contributed by atoms with van der Waals surface area (Å²) in [6.07, 6.45) is 2.63. The molecule has 0 aliphatic carbocycles. The Kier molecular flexibility index (Phi) is 3.50. The SMILES string of the molecule is CC1NC(C(C)C)N(CC2CCCO2)C1=O. The van der Waals surface area contributed by atoms with Crippen LogP contribution in [0.25, 0.3) is 0 Å². The van der Waals surface area contributed by atoms with Crippen molar-refractivity contribution in [2.45, 2.75) is 51.9 Å². The summed E-state index contributed by atoms with van der Waals surface area (Å²) in [5.41, 5.74) is 0. The summed E-state index contributed by atoms with van der Waals surface area (Å²) in [5.74, 6) is 0.657. The lowest BCUT2D eigenvalue weighted by Gasteiger charge is -2.29. The van der Waals surface area contributed by atoms with Crippen LogP contribution >= 0.6 is 0 Å². The number of hydrogen-bond donors (Lipinski definition) is 1. The first-order chi connectivity index (χ1) is 7.59. The predicted molar refractivity (Wildman–Crippen MR) is 61.9 cm³/mol. The Bertz CT molecular complexity index is 262. The van der Waals surface area contributed by atoms with Crippen LogP contribution < -0.4 is 5.32 Å². The van der Waals surface area contributed by atoms with Crippen LogP contribution in [-0.2, 0) is 9.53 Å². The van der Waals surface area contributed by atoms with E-state index in [0.717, 1.165) is 26.0 Å². The zero-order valence-electron chi connectivity index (χ0n) is 10.4. The lowest BCUT2D eigenvalue weighted by molar-refractivity contribution is -0.131. The van der Waals surface area contributed by atoms with Gasteiger partial charge < -0.3 is 9.64 Å². The van der Waals surface area contributed by atoms with Crippen LogP contribution in [0.15, 0.2) is 0 Å². The predicted octanol–water partition coefficient (Wildman–Crippen LogP) is 0.968. The lowest BCUT2D eigenvalue weighted by atomic mass is 10.1. The fourth-order valence-corrected chi connectivity index (χ4v) is 2.57. The zero-order valence-corrected chi connectivity index (χ0v) is 10.4. The number of carbonyl (C=O) groups is 1. The van der Waals surface area contributed by atoms with Crippen molar-refractivity contribution in [3.63, 3.8) is 0 Å². The summed E-state index contributed by atoms with van der Waals surface area (Å²) < 4.78 is 5.60. The van der Waals surface area contributed by atoms with Gasteiger partial charge in [0.05, 0.1) is 18.3 Å². The molecule has 0 spiro atoms. The summed E-state index contributed by atoms with van der Waals surface area (Å²) in [5, 5.41) is 3.35. The molecule has 4 nitrogen and oxygen atoms in total. The van der Waals surface area contributed by atoms with Gasteiger partial charge in [0.2, 0.25) is 5.91 Å². The van der Waals surface area contributed by atoms with Crippen molar-refractivity contribution in [2.24, 2.45) is 5.92 Å². The van der Waals surface area contributed by atoms with Crippen LogP contribution in [0.3, 0.4) is 0 Å². The minimum absolute atomic E-state index is 0.0474. The molecular formula is C12H22N2O2. The van der Waals surface area contributed by atoms with E-state index in [1.54, 1.807) is 0 Å². The van der Waals surface area contributed by atoms with Crippen molar-refractivity contribution in [2.75, 3.05) is 13.2 Å². The first kappa shape index (κ1) is 11.9. The molecule has 92 valence electrons. The normalized spacial score (nSPS) is 35.4. The van der Waals surface area contributed by atoms with Gasteiger partial charge in [-0.2, -0.15) is 0 Å². The number of amides is 1. The van der Waals surface area contributed by atoms with Crippen molar-refractivity contribution < 1.29 is 9.53 Å². The van der Waals surface area contributed by atoms with Gasteiger partial charge in [-0.3, -0.25) is 10.1 Å². The highest BCUT2D eigenvalue weighted by Crippen LogP contribution is 2.21. The monoisotopic (exact) mass is 226 g/mol. The van der Waals surface area contributed by atoms with Crippen molar-refractivity contribution in [1.29, 1.82) is 0 Å². The Morgan fingerprint density at radius 1 is 1.56 bits per heavy atom. The fourth-order valence-electron chi connectivity index (χ4n) is 2.57. The highest BCUT2D eigenvalue weighted by atomic mass is 16.5. The molecular weight excluding hydrogens is 204 g/mol. The second-order valence-corrected chi connectivity index (χ2v) is 5.20. The Hall–Kier alpha value is -0.610. The average Bonchev–Trinajstić information content (AvgIpc) is 2.81. The van der Waals surface area contributed by atoms with Crippen LogP contribution in [0, 0.1) is 5.92 Å². The van der Waals surface area contributed by atoms with E-state index in [1.165, 1.54) is 0 Å². The highest BCUT2D eigenvalue weighted by molar-refractivity contribution is 5.84. The minimum atomic E-state index is -0.0474. The van der Waals surface area contributed by atoms with Crippen molar-refractivity contribution in [3.8, 4) is 0 Å². The van der Waals surface area contributed by atoms with E-state index >= 15 is 0 Å². The molecule has 2 aliphatic heterocycles. The molecule has 0 radical (unpaired) electrons. The van der Waals surface area contributed by atoms with E-state index < -0.39 is 0 Å². The molecule has 0 aromatic carbocycles. The number of nitrogens with one attached hydrogen (secondary N) is 1. The van der Waals surface area contributed by atoms with Crippen LogP contribution in [0.1, 0.15) is 33.6 Å². The number of ether oxygens (including phenoxy) is 1. The number of carbonyl (C=O) groups excluding carboxylic acids is 1. The van der Waals surface area contributed by atoms with E-state index in [9.17, 15) is 4.79 Å². The molecule has 1 amide bonds. The molecule has 2 saturated heterocycles. The quantitative estimate of drug-likeness (QED) is 0.779. The van der Waals surface area contributed by atoms with Gasteiger partial charge in [-0.05, 0) is 25.7 Å². The third-order valence-electron chi connectivity index (χ3n) is 3.47. The molecule has 16 heavy (non-hydrogen) atoms. The molecule has 0 aromatic rings. The maximum Gasteiger partial charge on any atom is 0.240 e. The van der Waals surface area contributed by atoms with Crippen LogP contribution in [-0.4, -0.2) is 42.3 Å². The zero-order chi connectivity index (χ0) is 11.7. The van der Waals surface area contributed by atoms with Gasteiger partial charge in [0.25, 0.3) is 0 Å². The third kappa shape index (κ3) is 2.23. The summed E-state index contributed by atoms with van der Waals surface area (Å²) in [6, 6.07) is -0.0474. The maximum absolute atomic E-state index is 12.0. The standard InChI is InChI=1S/C12H22N2O2/c1-8(2)11-13-9(3)12(15)14(11)7-10-5-4-6-16-10/h8-11,13H,4-7H2,1-3H3. The number of nitrogens with zero attached hydrogens (tertiary/aromatic N) is 1. The minimum Gasteiger partial charge on any atom is -0.376 e. The summed E-state index contributed by atoms with van der Waals surface area (Å²) >= 11 is 0. The largest absolute Gasteiger partial charge is 0.376 e. The molecule has 2 fully saturated rings. The molecule has 1 N–H and O–H groups in total. The Morgan fingerprint density at radius 3 is 2.88 bits per heavy atom. The molecule has 0 saturated carbocycles. The smallest absolute Gasteiger partial charge is 0.240 e. The van der Waals surface area contributed by atoms with Crippen LogP contribution in [0.5, 0.6) is 0 Å². The van der Waals surface area contributed by atoms with Crippen molar-refractivity contribution >= 4 is 5.91 Å². The van der Waals surface area contributed by atoms with Crippen LogP contribution in [0.4, 0.5) is 0 Å². The average molecular weight is 226 g/mol. The van der Waals surface area contributed by atoms with E-state index in [0.29, 0.717) is 5.92 Å². The van der Waals surface area contributed by atoms with Crippen LogP contribution in [0.2, 0.25) is 0 Å². The van der Waals surface area contributed by atoms with Crippen molar-refractivity contribution in [3.05, 3.63) is 0 Å². The van der Waals surface area contributed by atoms with Gasteiger partial charge in [0.15, 0.2) is 0 Å². The van der Waals surface area contributed by atoms with Gasteiger partial charge in [-0.25, -0.2) is 0 Å². The topological polar surface area (TPSA) is 41.6 Å². The van der Waals surface area contributed by atoms with Gasteiger partial charge in [-0.1, -0.05) is 13.8 Å². The van der Waals surface area contributed by atoms with E-state index in [4.69, 9.17) is 4.74 Å². The van der Waals surface area contributed by atoms with Gasteiger partial charge in [-0.15, -0.1) is 0 Å². The first-order valence-corrected chi connectivity index (χ1v) is 6.27. The summed E-state index contributed by atoms with van der Waals surface area (Å²) in [4.78, 5) is 14.0. The second-order valence-electron chi connectivity index (χ2n) is 5.20. The summed E-state index contributed by atoms with van der Waals surface area (Å²) in [6.45, 7) is 7.82. The summed E-state index contributed by atoms with van der Waals surface area (Å²) in [7, 11) is 0. The van der Waals surface area contributed by atoms with Gasteiger partial charge in [0.1, 0.15) is 0 Å². The van der Waals surface area contributed by atoms with E-state index in [-0.39, 0.29) is 24.2 Å². The Balaban J connectivity index is 2.00. The van der Waals surface area contributed by atoms with Gasteiger partial charge in [0, 0.05) is 13.2 Å². The molecule has 0 aromatic heterocycles.